The third-order valence-corrected chi connectivity index (χ3v) is 11.2. The van der Waals surface area contributed by atoms with E-state index < -0.39 is 22.7 Å². The van der Waals surface area contributed by atoms with Gasteiger partial charge in [0.25, 0.3) is 0 Å². The zero-order valence-corrected chi connectivity index (χ0v) is 21.7. The molecule has 2 bridgehead atoms. The van der Waals surface area contributed by atoms with Crippen LogP contribution in [0.15, 0.2) is 35.9 Å². The molecule has 2 amide bonds. The summed E-state index contributed by atoms with van der Waals surface area (Å²) in [5.74, 6) is -1.24. The molecule has 0 unspecified atom stereocenters. The van der Waals surface area contributed by atoms with Crippen LogP contribution in [0.2, 0.25) is 0 Å². The Morgan fingerprint density at radius 2 is 1.83 bits per heavy atom. The van der Waals surface area contributed by atoms with Gasteiger partial charge in [-0.25, -0.2) is 4.90 Å². The molecule has 1 aliphatic heterocycles. The molecule has 1 aromatic rings. The Balaban J connectivity index is 1.50. The maximum atomic E-state index is 14.2. The summed E-state index contributed by atoms with van der Waals surface area (Å²) in [6.07, 6.45) is 7.30. The first-order chi connectivity index (χ1) is 17.0. The Morgan fingerprint density at radius 3 is 2.50 bits per heavy atom. The van der Waals surface area contributed by atoms with Crippen LogP contribution in [0.1, 0.15) is 66.2 Å². The number of aliphatic carboxylic acids is 1. The number of hydrogen-bond donors (Lipinski definition) is 2. The summed E-state index contributed by atoms with van der Waals surface area (Å²) in [4.78, 5) is 42.0. The Kier molecular flexibility index (Phi) is 4.92. The first-order valence-corrected chi connectivity index (χ1v) is 13.6. The van der Waals surface area contributed by atoms with E-state index in [0.29, 0.717) is 12.1 Å². The number of hydrogen-bond acceptors (Lipinski definition) is 4. The normalized spacial score (nSPS) is 43.2. The number of amides is 2. The van der Waals surface area contributed by atoms with Crippen LogP contribution >= 0.6 is 0 Å². The molecule has 2 N–H and O–H groups in total. The first kappa shape index (κ1) is 23.7. The minimum absolute atomic E-state index is 0.00535. The van der Waals surface area contributed by atoms with Gasteiger partial charge in [-0.1, -0.05) is 44.9 Å². The van der Waals surface area contributed by atoms with Crippen LogP contribution in [0.5, 0.6) is 5.75 Å². The van der Waals surface area contributed by atoms with E-state index in [1.54, 1.807) is 18.2 Å². The van der Waals surface area contributed by atoms with Crippen LogP contribution < -0.4 is 4.90 Å². The van der Waals surface area contributed by atoms with Crippen molar-refractivity contribution >= 4 is 23.5 Å². The van der Waals surface area contributed by atoms with Crippen LogP contribution in [0.25, 0.3) is 0 Å². The van der Waals surface area contributed by atoms with E-state index in [9.17, 15) is 24.6 Å². The highest BCUT2D eigenvalue weighted by Crippen LogP contribution is 2.74. The lowest BCUT2D eigenvalue weighted by molar-refractivity contribution is -0.194. The second-order valence-electron chi connectivity index (χ2n) is 13.0. The molecule has 4 fully saturated rings. The number of rotatable bonds is 3. The largest absolute Gasteiger partial charge is 0.508 e. The van der Waals surface area contributed by atoms with Crippen molar-refractivity contribution in [2.45, 2.75) is 66.2 Å². The molecular formula is C30H37NO5. The monoisotopic (exact) mass is 491 g/mol. The summed E-state index contributed by atoms with van der Waals surface area (Å²) in [7, 11) is 0. The van der Waals surface area contributed by atoms with Crippen molar-refractivity contribution in [3.05, 3.63) is 35.9 Å². The summed E-state index contributed by atoms with van der Waals surface area (Å²) in [5.41, 5.74) is 0.366. The molecule has 8 atom stereocenters. The highest BCUT2D eigenvalue weighted by Gasteiger charge is 2.73. The molecular weight excluding hydrogens is 454 g/mol. The number of phenolic OH excluding ortho intramolecular Hbond substituents is 1. The van der Waals surface area contributed by atoms with Crippen LogP contribution in [-0.4, -0.2) is 28.0 Å². The van der Waals surface area contributed by atoms with Gasteiger partial charge in [0.2, 0.25) is 11.8 Å². The number of nitrogens with zero attached hydrogens (tertiary/aromatic N) is 1. The minimum atomic E-state index is -0.752. The van der Waals surface area contributed by atoms with Gasteiger partial charge in [-0.2, -0.15) is 0 Å². The van der Waals surface area contributed by atoms with Crippen molar-refractivity contribution in [1.29, 1.82) is 0 Å². The van der Waals surface area contributed by atoms with Crippen LogP contribution in [-0.2, 0) is 14.4 Å². The lowest BCUT2D eigenvalue weighted by atomic mass is 9.34. The molecule has 0 radical (unpaired) electrons. The van der Waals surface area contributed by atoms with Gasteiger partial charge in [0, 0.05) is 11.5 Å². The van der Waals surface area contributed by atoms with Gasteiger partial charge in [0.15, 0.2) is 0 Å². The van der Waals surface area contributed by atoms with E-state index in [1.807, 2.05) is 6.92 Å². The van der Waals surface area contributed by atoms with Crippen LogP contribution in [0, 0.1) is 51.8 Å². The number of phenols is 1. The third kappa shape index (κ3) is 2.76. The molecule has 5 aliphatic carbocycles. The fraction of sp³-hybridized carbons (Fsp3) is 0.633. The lowest BCUT2D eigenvalue weighted by Gasteiger charge is -2.68. The van der Waals surface area contributed by atoms with E-state index in [-0.39, 0.29) is 52.6 Å². The van der Waals surface area contributed by atoms with Crippen molar-refractivity contribution in [2.24, 2.45) is 51.8 Å². The second-order valence-corrected chi connectivity index (χ2v) is 13.0. The number of benzene rings is 1. The zero-order valence-electron chi connectivity index (χ0n) is 21.7. The van der Waals surface area contributed by atoms with Crippen molar-refractivity contribution in [3.8, 4) is 5.75 Å². The molecule has 6 aliphatic rings. The number of anilines is 1. The molecule has 6 nitrogen and oxygen atoms in total. The number of fused-ring (bicyclic) bond motifs is 1. The third-order valence-electron chi connectivity index (χ3n) is 11.2. The fourth-order valence-corrected chi connectivity index (χ4v) is 9.84. The Hall–Kier alpha value is -2.63. The van der Waals surface area contributed by atoms with Crippen molar-refractivity contribution in [3.63, 3.8) is 0 Å². The van der Waals surface area contributed by atoms with Gasteiger partial charge in [-0.3, -0.25) is 14.4 Å². The van der Waals surface area contributed by atoms with Gasteiger partial charge >= 0.3 is 5.97 Å². The van der Waals surface area contributed by atoms with Crippen LogP contribution in [0.4, 0.5) is 5.69 Å². The average molecular weight is 492 g/mol. The number of carboxylic acid groups (broad SMARTS) is 1. The van der Waals surface area contributed by atoms with Crippen molar-refractivity contribution in [1.82, 2.24) is 0 Å². The summed E-state index contributed by atoms with van der Waals surface area (Å²) >= 11 is 0. The predicted octanol–water partition coefficient (Wildman–Crippen LogP) is 5.41. The molecule has 36 heavy (non-hydrogen) atoms. The zero-order chi connectivity index (χ0) is 25.8. The maximum absolute atomic E-state index is 14.2. The molecule has 1 heterocycles. The number of imide groups is 1. The Labute approximate surface area is 212 Å². The summed E-state index contributed by atoms with van der Waals surface area (Å²) in [5, 5.41) is 20.3. The molecule has 1 aromatic carbocycles. The maximum Gasteiger partial charge on any atom is 0.309 e. The molecule has 1 spiro atoms. The Morgan fingerprint density at radius 1 is 1.08 bits per heavy atom. The number of aromatic hydroxyl groups is 1. The summed E-state index contributed by atoms with van der Waals surface area (Å²) in [6.45, 7) is 8.58. The molecule has 192 valence electrons. The molecule has 7 rings (SSSR count). The van der Waals surface area contributed by atoms with Gasteiger partial charge in [-0.15, -0.1) is 0 Å². The highest BCUT2D eigenvalue weighted by molar-refractivity contribution is 6.23. The van der Waals surface area contributed by atoms with Gasteiger partial charge in [-0.05, 0) is 80.2 Å². The average Bonchev–Trinajstić information content (AvgIpc) is 3.10. The lowest BCUT2D eigenvalue weighted by Crippen LogP contribution is -2.65. The van der Waals surface area contributed by atoms with E-state index in [1.165, 1.54) is 16.5 Å². The van der Waals surface area contributed by atoms with Gasteiger partial charge in [0.05, 0.1) is 22.9 Å². The van der Waals surface area contributed by atoms with E-state index in [4.69, 9.17) is 0 Å². The molecule has 3 saturated carbocycles. The fourth-order valence-electron chi connectivity index (χ4n) is 9.84. The van der Waals surface area contributed by atoms with E-state index in [2.05, 4.69) is 26.8 Å². The van der Waals surface area contributed by atoms with Crippen LogP contribution in [0.3, 0.4) is 0 Å². The van der Waals surface area contributed by atoms with E-state index >= 15 is 0 Å². The SMILES string of the molecule is CC(C)C1=C[C@@]23CC[C@H]4[C@](C)(CCC[C@@]4(C)C(=O)O)[C@@H]2C[C@@H]1[C@@H]1C(=O)N(c2cccc(O)c2)C(=O)[C@H]13. The highest BCUT2D eigenvalue weighted by atomic mass is 16.4. The molecule has 0 aromatic heterocycles. The first-order valence-electron chi connectivity index (χ1n) is 13.6. The topological polar surface area (TPSA) is 94.9 Å². The number of allylic oxidation sites excluding steroid dienone is 2. The standard InChI is InChI=1S/C30H37NO5/c1-16(2)20-15-30-12-9-21-28(3,10-6-11-29(21,4)27(35)36)22(30)14-19(20)23-24(30)26(34)31(25(23)33)17-7-5-8-18(32)13-17/h5,7-8,13,15-16,19,21-24,32H,6,9-12,14H2,1-4H3,(H,35,36)/t19-,21-,22-,23-,24-,28-,29+,30-/m0/s1. The predicted molar refractivity (Wildman–Crippen MR) is 135 cm³/mol. The number of carboxylic acids is 1. The molecule has 6 heteroatoms. The van der Waals surface area contributed by atoms with E-state index in [0.717, 1.165) is 32.1 Å². The minimum Gasteiger partial charge on any atom is -0.508 e. The van der Waals surface area contributed by atoms with Crippen molar-refractivity contribution < 1.29 is 24.6 Å². The van der Waals surface area contributed by atoms with Gasteiger partial charge in [0.1, 0.15) is 5.75 Å². The second kappa shape index (κ2) is 7.45. The molecule has 1 saturated heterocycles. The smallest absolute Gasteiger partial charge is 0.309 e. The number of carbonyl (C=O) groups excluding carboxylic acids is 2. The number of carbonyl (C=O) groups is 3. The van der Waals surface area contributed by atoms with Crippen molar-refractivity contribution in [2.75, 3.05) is 4.90 Å². The summed E-state index contributed by atoms with van der Waals surface area (Å²) < 4.78 is 0. The summed E-state index contributed by atoms with van der Waals surface area (Å²) in [6, 6.07) is 6.43. The Bertz CT molecular complexity index is 1200. The quantitative estimate of drug-likeness (QED) is 0.436. The van der Waals surface area contributed by atoms with Gasteiger partial charge < -0.3 is 10.2 Å².